The highest BCUT2D eigenvalue weighted by Crippen LogP contribution is 2.27. The summed E-state index contributed by atoms with van der Waals surface area (Å²) in [7, 11) is -1.05. The van der Waals surface area contributed by atoms with Gasteiger partial charge in [-0.3, -0.25) is 4.79 Å². The third kappa shape index (κ3) is 3.91. The summed E-state index contributed by atoms with van der Waals surface area (Å²) in [5.41, 5.74) is 0.211. The molecule has 0 spiro atoms. The van der Waals surface area contributed by atoms with Crippen LogP contribution in [0, 0.1) is 0 Å². The zero-order chi connectivity index (χ0) is 14.6. The first-order valence-electron chi connectivity index (χ1n) is 5.34. The number of nitrogens with two attached hydrogens (primary N) is 1. The molecule has 0 aliphatic heterocycles. The molecule has 0 saturated heterocycles. The molecular weight excluding hydrogens is 272 g/mol. The van der Waals surface area contributed by atoms with E-state index in [1.807, 2.05) is 0 Å². The Labute approximate surface area is 111 Å². The molecule has 0 heterocycles. The van der Waals surface area contributed by atoms with Gasteiger partial charge in [-0.25, -0.2) is 13.6 Å². The van der Waals surface area contributed by atoms with Crippen LogP contribution in [0.25, 0.3) is 0 Å². The summed E-state index contributed by atoms with van der Waals surface area (Å²) < 4.78 is 32.4. The molecule has 1 aromatic carbocycles. The Kier molecular flexibility index (Phi) is 4.87. The molecule has 0 aliphatic rings. The number of hydrogen-bond donors (Lipinski definition) is 2. The van der Waals surface area contributed by atoms with Gasteiger partial charge in [-0.2, -0.15) is 0 Å². The maximum atomic E-state index is 11.7. The van der Waals surface area contributed by atoms with Crippen molar-refractivity contribution in [3.8, 4) is 5.75 Å². The monoisotopic (exact) mass is 288 g/mol. The van der Waals surface area contributed by atoms with Crippen LogP contribution in [0.4, 0.5) is 5.69 Å². The molecule has 8 heteroatoms. The van der Waals surface area contributed by atoms with Gasteiger partial charge in [-0.05, 0) is 25.1 Å². The Bertz CT molecular complexity index is 570. The third-order valence-corrected chi connectivity index (χ3v) is 3.39. The van der Waals surface area contributed by atoms with Crippen molar-refractivity contribution in [2.45, 2.75) is 17.9 Å². The molecular formula is C11H16N2O5S. The van der Waals surface area contributed by atoms with Gasteiger partial charge in [0.05, 0.1) is 17.7 Å². The number of sulfonamides is 1. The molecule has 0 bridgehead atoms. The van der Waals surface area contributed by atoms with E-state index in [2.05, 4.69) is 5.32 Å². The fourth-order valence-corrected chi connectivity index (χ4v) is 1.84. The summed E-state index contributed by atoms with van der Waals surface area (Å²) in [6.45, 7) is 1.56. The first-order valence-corrected chi connectivity index (χ1v) is 6.88. The predicted octanol–water partition coefficient (Wildman–Crippen LogP) is 0.316. The number of ether oxygens (including phenoxy) is 2. The fourth-order valence-electron chi connectivity index (χ4n) is 1.30. The first kappa shape index (κ1) is 15.4. The lowest BCUT2D eigenvalue weighted by atomic mass is 10.2. The maximum Gasteiger partial charge on any atom is 0.253 e. The Morgan fingerprint density at radius 2 is 2.00 bits per heavy atom. The predicted molar refractivity (Wildman–Crippen MR) is 69.5 cm³/mol. The van der Waals surface area contributed by atoms with Gasteiger partial charge in [0.2, 0.25) is 10.0 Å². The Morgan fingerprint density at radius 3 is 2.47 bits per heavy atom. The summed E-state index contributed by atoms with van der Waals surface area (Å²) >= 11 is 0. The lowest BCUT2D eigenvalue weighted by molar-refractivity contribution is -0.124. The molecule has 7 nitrogen and oxygen atoms in total. The van der Waals surface area contributed by atoms with Crippen molar-refractivity contribution in [3.05, 3.63) is 18.2 Å². The van der Waals surface area contributed by atoms with E-state index in [1.54, 1.807) is 6.92 Å². The molecule has 1 atom stereocenters. The minimum absolute atomic E-state index is 0.117. The lowest BCUT2D eigenvalue weighted by Crippen LogP contribution is -2.27. The number of anilines is 1. The van der Waals surface area contributed by atoms with Crippen LogP contribution in [0.1, 0.15) is 6.92 Å². The average Bonchev–Trinajstić information content (AvgIpc) is 2.36. The fraction of sp³-hybridized carbons (Fsp3) is 0.364. The molecule has 0 aromatic heterocycles. The Morgan fingerprint density at radius 1 is 1.37 bits per heavy atom. The molecule has 106 valence electrons. The smallest absolute Gasteiger partial charge is 0.253 e. The normalized spacial score (nSPS) is 12.8. The van der Waals surface area contributed by atoms with E-state index < -0.39 is 22.0 Å². The molecule has 19 heavy (non-hydrogen) atoms. The summed E-state index contributed by atoms with van der Waals surface area (Å²) in [5.74, 6) is -0.101. The molecule has 0 radical (unpaired) electrons. The molecule has 1 rings (SSSR count). The van der Waals surface area contributed by atoms with Gasteiger partial charge in [0, 0.05) is 7.11 Å². The van der Waals surface area contributed by atoms with Crippen LogP contribution in [-0.2, 0) is 19.6 Å². The van der Waals surface area contributed by atoms with E-state index in [4.69, 9.17) is 14.6 Å². The van der Waals surface area contributed by atoms with Crippen LogP contribution in [0.3, 0.4) is 0 Å². The highest BCUT2D eigenvalue weighted by molar-refractivity contribution is 7.89. The zero-order valence-corrected chi connectivity index (χ0v) is 11.7. The van der Waals surface area contributed by atoms with Crippen LogP contribution >= 0.6 is 0 Å². The van der Waals surface area contributed by atoms with Crippen molar-refractivity contribution in [1.29, 1.82) is 0 Å². The minimum atomic E-state index is -3.85. The third-order valence-electron chi connectivity index (χ3n) is 2.48. The van der Waals surface area contributed by atoms with Gasteiger partial charge in [0.25, 0.3) is 5.91 Å². The van der Waals surface area contributed by atoms with Gasteiger partial charge >= 0.3 is 0 Å². The molecule has 3 N–H and O–H groups in total. The second-order valence-corrected chi connectivity index (χ2v) is 5.34. The number of primary sulfonamides is 1. The number of carbonyl (C=O) groups excluding carboxylic acids is 1. The number of hydrogen-bond acceptors (Lipinski definition) is 5. The van der Waals surface area contributed by atoms with Crippen molar-refractivity contribution in [2.24, 2.45) is 5.14 Å². The van der Waals surface area contributed by atoms with Crippen LogP contribution in [0.15, 0.2) is 23.1 Å². The summed E-state index contributed by atoms with van der Waals surface area (Å²) in [4.78, 5) is 11.6. The quantitative estimate of drug-likeness (QED) is 0.811. The van der Waals surface area contributed by atoms with Gasteiger partial charge in [-0.15, -0.1) is 0 Å². The maximum absolute atomic E-state index is 11.7. The number of rotatable bonds is 5. The summed E-state index contributed by atoms with van der Waals surface area (Å²) in [5, 5.41) is 7.54. The van der Waals surface area contributed by atoms with Crippen LogP contribution in [0.5, 0.6) is 5.75 Å². The Balaban J connectivity index is 3.14. The SMILES string of the molecule is COc1ccc(S(N)(=O)=O)cc1NC(=O)C(C)OC. The molecule has 0 aliphatic carbocycles. The number of benzene rings is 1. The van der Waals surface area contributed by atoms with Crippen LogP contribution < -0.4 is 15.2 Å². The number of nitrogens with one attached hydrogen (secondary N) is 1. The van der Waals surface area contributed by atoms with Crippen LogP contribution in [-0.4, -0.2) is 34.6 Å². The van der Waals surface area contributed by atoms with Crippen molar-refractivity contribution >= 4 is 21.6 Å². The van der Waals surface area contributed by atoms with E-state index in [0.29, 0.717) is 5.75 Å². The molecule has 0 saturated carbocycles. The van der Waals surface area contributed by atoms with Gasteiger partial charge in [-0.1, -0.05) is 0 Å². The molecule has 1 unspecified atom stereocenters. The lowest BCUT2D eigenvalue weighted by Gasteiger charge is -2.14. The second kappa shape index (κ2) is 6.00. The van der Waals surface area contributed by atoms with Crippen molar-refractivity contribution in [3.63, 3.8) is 0 Å². The van der Waals surface area contributed by atoms with Crippen LogP contribution in [0.2, 0.25) is 0 Å². The highest BCUT2D eigenvalue weighted by Gasteiger charge is 2.17. The summed E-state index contributed by atoms with van der Waals surface area (Å²) in [6, 6.07) is 3.94. The van der Waals surface area contributed by atoms with E-state index in [9.17, 15) is 13.2 Å². The molecule has 0 fully saturated rings. The molecule has 1 amide bonds. The van der Waals surface area contributed by atoms with Crippen molar-refractivity contribution in [2.75, 3.05) is 19.5 Å². The number of methoxy groups -OCH3 is 2. The topological polar surface area (TPSA) is 108 Å². The standard InChI is InChI=1S/C11H16N2O5S/c1-7(17-2)11(14)13-9-6-8(19(12,15)16)4-5-10(9)18-3/h4-7H,1-3H3,(H,13,14)(H2,12,15,16). The van der Waals surface area contributed by atoms with E-state index in [0.717, 1.165) is 0 Å². The van der Waals surface area contributed by atoms with Crippen molar-refractivity contribution < 1.29 is 22.7 Å². The van der Waals surface area contributed by atoms with Gasteiger partial charge < -0.3 is 14.8 Å². The van der Waals surface area contributed by atoms with E-state index in [1.165, 1.54) is 32.4 Å². The average molecular weight is 288 g/mol. The largest absolute Gasteiger partial charge is 0.495 e. The van der Waals surface area contributed by atoms with E-state index in [-0.39, 0.29) is 10.6 Å². The van der Waals surface area contributed by atoms with E-state index >= 15 is 0 Å². The van der Waals surface area contributed by atoms with Gasteiger partial charge in [0.15, 0.2) is 0 Å². The number of amides is 1. The number of carbonyl (C=O) groups is 1. The summed E-state index contributed by atoms with van der Waals surface area (Å²) in [6.07, 6.45) is -0.678. The first-order chi connectivity index (χ1) is 8.79. The zero-order valence-electron chi connectivity index (χ0n) is 10.8. The van der Waals surface area contributed by atoms with Gasteiger partial charge in [0.1, 0.15) is 11.9 Å². The minimum Gasteiger partial charge on any atom is -0.495 e. The van der Waals surface area contributed by atoms with Crippen molar-refractivity contribution in [1.82, 2.24) is 0 Å². The molecule has 1 aromatic rings. The Hall–Kier alpha value is -1.64. The highest BCUT2D eigenvalue weighted by atomic mass is 32.2. The second-order valence-electron chi connectivity index (χ2n) is 3.77.